The minimum Gasteiger partial charge on any atom is -0.365 e. The van der Waals surface area contributed by atoms with E-state index >= 15 is 0 Å². The number of carbonyl (C=O) groups excluding carboxylic acids is 2. The second-order valence-corrected chi connectivity index (χ2v) is 11.8. The highest BCUT2D eigenvalue weighted by atomic mass is 16.2. The van der Waals surface area contributed by atoms with E-state index in [1.54, 1.807) is 24.3 Å². The van der Waals surface area contributed by atoms with E-state index in [0.29, 0.717) is 46.7 Å². The maximum absolute atomic E-state index is 12.9. The summed E-state index contributed by atoms with van der Waals surface area (Å²) in [5, 5.41) is 13.0. The minimum atomic E-state index is -0.226. The van der Waals surface area contributed by atoms with Gasteiger partial charge in [0, 0.05) is 45.7 Å². The summed E-state index contributed by atoms with van der Waals surface area (Å²) in [4.78, 5) is 35.5. The smallest absolute Gasteiger partial charge is 0.255 e. The van der Waals surface area contributed by atoms with E-state index in [9.17, 15) is 9.59 Å². The fourth-order valence-electron chi connectivity index (χ4n) is 6.54. The number of anilines is 2. The highest BCUT2D eigenvalue weighted by molar-refractivity contribution is 6.08. The lowest BCUT2D eigenvalue weighted by atomic mass is 9.92. The Kier molecular flexibility index (Phi) is 7.20. The summed E-state index contributed by atoms with van der Waals surface area (Å²) in [6.45, 7) is 0. The van der Waals surface area contributed by atoms with E-state index in [1.807, 2.05) is 48.5 Å². The van der Waals surface area contributed by atoms with Crippen LogP contribution in [0.4, 0.5) is 11.4 Å². The third-order valence-electron chi connectivity index (χ3n) is 8.93. The Morgan fingerprint density at radius 1 is 0.548 bits per heavy atom. The average Bonchev–Trinajstić information content (AvgIpc) is 3.67. The van der Waals surface area contributed by atoms with Gasteiger partial charge in [0.05, 0.1) is 12.1 Å². The van der Waals surface area contributed by atoms with Crippen LogP contribution in [0.2, 0.25) is 0 Å². The fraction of sp³-hybridized carbons (Fsp3) is 0.353. The van der Waals surface area contributed by atoms with Crippen LogP contribution in [0.5, 0.6) is 0 Å². The number of amidine groups is 2. The molecule has 0 saturated heterocycles. The van der Waals surface area contributed by atoms with E-state index in [2.05, 4.69) is 21.3 Å². The first-order valence-corrected chi connectivity index (χ1v) is 15.2. The Hall–Kier alpha value is -4.46. The zero-order valence-corrected chi connectivity index (χ0v) is 23.6. The summed E-state index contributed by atoms with van der Waals surface area (Å²) in [5.41, 5.74) is 4.46. The van der Waals surface area contributed by atoms with E-state index in [-0.39, 0.29) is 11.8 Å². The first-order valence-electron chi connectivity index (χ1n) is 15.2. The van der Waals surface area contributed by atoms with Gasteiger partial charge in [0.2, 0.25) is 0 Å². The maximum Gasteiger partial charge on any atom is 0.255 e. The van der Waals surface area contributed by atoms with Crippen LogP contribution in [0.3, 0.4) is 0 Å². The quantitative estimate of drug-likeness (QED) is 0.319. The molecule has 4 atom stereocenters. The van der Waals surface area contributed by atoms with Gasteiger partial charge in [0.1, 0.15) is 11.7 Å². The number of aliphatic imine (C=N–C) groups is 2. The van der Waals surface area contributed by atoms with Crippen molar-refractivity contribution in [3.8, 4) is 0 Å². The molecule has 8 nitrogen and oxygen atoms in total. The predicted molar refractivity (Wildman–Crippen MR) is 167 cm³/mol. The van der Waals surface area contributed by atoms with Crippen molar-refractivity contribution < 1.29 is 9.59 Å². The molecule has 2 aliphatic carbocycles. The number of nitrogens with zero attached hydrogens (tertiary/aromatic N) is 2. The van der Waals surface area contributed by atoms with Crippen LogP contribution in [-0.2, 0) is 0 Å². The molecule has 2 aliphatic heterocycles. The molecule has 2 fully saturated rings. The molecule has 0 spiro atoms. The van der Waals surface area contributed by atoms with Gasteiger partial charge in [-0.05, 0) is 98.5 Å². The highest BCUT2D eigenvalue weighted by Gasteiger charge is 2.32. The summed E-state index contributed by atoms with van der Waals surface area (Å²) in [6.07, 6.45) is 9.67. The van der Waals surface area contributed by atoms with Gasteiger partial charge in [-0.25, -0.2) is 0 Å². The molecule has 2 amide bonds. The number of nitrogens with one attached hydrogen (secondary N) is 4. The van der Waals surface area contributed by atoms with Crippen molar-refractivity contribution in [1.29, 1.82) is 0 Å². The summed E-state index contributed by atoms with van der Waals surface area (Å²) in [6, 6.07) is 23.9. The van der Waals surface area contributed by atoms with Crippen molar-refractivity contribution in [2.45, 2.75) is 75.5 Å². The van der Waals surface area contributed by atoms with Gasteiger partial charge >= 0.3 is 0 Å². The Bertz CT molecular complexity index is 1410. The Morgan fingerprint density at radius 2 is 0.929 bits per heavy atom. The second kappa shape index (κ2) is 11.4. The minimum absolute atomic E-state index is 0.226. The van der Waals surface area contributed by atoms with Crippen LogP contribution in [-0.4, -0.2) is 47.7 Å². The molecule has 8 heteroatoms. The molecular formula is C34H36N6O2. The summed E-state index contributed by atoms with van der Waals surface area (Å²) < 4.78 is 0. The first-order chi connectivity index (χ1) is 20.6. The third kappa shape index (κ3) is 5.53. The van der Waals surface area contributed by atoms with Crippen molar-refractivity contribution in [2.24, 2.45) is 9.98 Å². The fourth-order valence-corrected chi connectivity index (χ4v) is 6.54. The van der Waals surface area contributed by atoms with E-state index in [1.165, 1.54) is 38.5 Å². The maximum atomic E-state index is 12.9. The highest BCUT2D eigenvalue weighted by Crippen LogP contribution is 2.28. The molecular weight excluding hydrogens is 524 g/mol. The molecule has 4 N–H and O–H groups in total. The van der Waals surface area contributed by atoms with Crippen LogP contribution >= 0.6 is 0 Å². The Morgan fingerprint density at radius 3 is 1.31 bits per heavy atom. The lowest BCUT2D eigenvalue weighted by Crippen LogP contribution is -2.36. The van der Waals surface area contributed by atoms with Crippen LogP contribution in [0.25, 0.3) is 0 Å². The zero-order valence-electron chi connectivity index (χ0n) is 23.6. The van der Waals surface area contributed by atoms with Crippen molar-refractivity contribution in [1.82, 2.24) is 10.6 Å². The Labute approximate surface area is 246 Å². The lowest BCUT2D eigenvalue weighted by molar-refractivity contribution is 0.101. The average molecular weight is 561 g/mol. The number of rotatable bonds is 6. The van der Waals surface area contributed by atoms with E-state index in [0.717, 1.165) is 35.6 Å². The van der Waals surface area contributed by atoms with E-state index < -0.39 is 0 Å². The molecule has 2 heterocycles. The van der Waals surface area contributed by atoms with Crippen molar-refractivity contribution >= 4 is 34.9 Å². The standard InChI is InChI=1S/C34H36N6O2/c41-33(35-25-17-13-21(14-18-25)31-37-27-5-1-2-6-28(27)38-31)23-9-11-24(12-10-23)34(42)36-26-19-15-22(16-20-26)32-39-29-7-3-4-8-30(29)40-32/h9-20,27-30H,1-8H2,(H,35,41)(H,36,42)(H,37,38)(H,39,40)/t27-,28+,29-,30+. The summed E-state index contributed by atoms with van der Waals surface area (Å²) >= 11 is 0. The first kappa shape index (κ1) is 26.4. The number of amides is 2. The number of benzene rings is 3. The summed E-state index contributed by atoms with van der Waals surface area (Å²) in [5.74, 6) is 1.45. The lowest BCUT2D eigenvalue weighted by Gasteiger charge is -2.23. The molecule has 3 aromatic rings. The molecule has 0 aromatic heterocycles. The number of carbonyl (C=O) groups is 2. The summed E-state index contributed by atoms with van der Waals surface area (Å²) in [7, 11) is 0. The van der Waals surface area contributed by atoms with Gasteiger partial charge in [-0.15, -0.1) is 0 Å². The molecule has 2 saturated carbocycles. The van der Waals surface area contributed by atoms with Gasteiger partial charge < -0.3 is 21.3 Å². The van der Waals surface area contributed by atoms with Gasteiger partial charge in [-0.3, -0.25) is 19.6 Å². The third-order valence-corrected chi connectivity index (χ3v) is 8.93. The second-order valence-electron chi connectivity index (χ2n) is 11.8. The molecule has 4 aliphatic rings. The molecule has 0 bridgehead atoms. The molecule has 3 aromatic carbocycles. The number of hydrogen-bond donors (Lipinski definition) is 4. The van der Waals surface area contributed by atoms with Gasteiger partial charge in [0.15, 0.2) is 0 Å². The van der Waals surface area contributed by atoms with Gasteiger partial charge in [-0.2, -0.15) is 0 Å². The number of hydrogen-bond acceptors (Lipinski definition) is 6. The SMILES string of the molecule is O=C(Nc1ccc(C2=N[C@@H]3CCCC[C@@H]3N2)cc1)c1ccc(C(=O)Nc2ccc(C3=N[C@@H]4CCCC[C@@H]4N3)cc2)cc1. The monoisotopic (exact) mass is 560 g/mol. The van der Waals surface area contributed by atoms with Crippen molar-refractivity contribution in [2.75, 3.05) is 10.6 Å². The molecule has 0 radical (unpaired) electrons. The molecule has 7 rings (SSSR count). The molecule has 214 valence electrons. The van der Waals surface area contributed by atoms with Gasteiger partial charge in [0.25, 0.3) is 11.8 Å². The normalized spacial score (nSPS) is 24.3. The van der Waals surface area contributed by atoms with Crippen LogP contribution < -0.4 is 21.3 Å². The van der Waals surface area contributed by atoms with Crippen molar-refractivity contribution in [3.63, 3.8) is 0 Å². The number of fused-ring (bicyclic) bond motifs is 2. The zero-order chi connectivity index (χ0) is 28.5. The predicted octanol–water partition coefficient (Wildman–Crippen LogP) is 5.51. The van der Waals surface area contributed by atoms with Crippen molar-refractivity contribution in [3.05, 3.63) is 95.1 Å². The largest absolute Gasteiger partial charge is 0.365 e. The van der Waals surface area contributed by atoms with Crippen LogP contribution in [0.15, 0.2) is 82.8 Å². The topological polar surface area (TPSA) is 107 Å². The van der Waals surface area contributed by atoms with Crippen LogP contribution in [0.1, 0.15) is 83.2 Å². The molecule has 0 unspecified atom stereocenters. The molecule has 42 heavy (non-hydrogen) atoms. The Balaban J connectivity index is 0.930. The van der Waals surface area contributed by atoms with Gasteiger partial charge in [-0.1, -0.05) is 25.7 Å². The van der Waals surface area contributed by atoms with E-state index in [4.69, 9.17) is 9.98 Å². The van der Waals surface area contributed by atoms with Crippen LogP contribution in [0, 0.1) is 0 Å².